The summed E-state index contributed by atoms with van der Waals surface area (Å²) >= 11 is 0. The average Bonchev–Trinajstić information content (AvgIpc) is 3.17. The zero-order valence-corrected chi connectivity index (χ0v) is 14.9. The van der Waals surface area contributed by atoms with Crippen molar-refractivity contribution >= 4 is 11.9 Å². The minimum atomic E-state index is -0.936. The Morgan fingerprint density at radius 1 is 1.12 bits per heavy atom. The number of carbonyl (C=O) groups excluding carboxylic acids is 1. The van der Waals surface area contributed by atoms with Crippen LogP contribution in [0.25, 0.3) is 0 Å². The van der Waals surface area contributed by atoms with E-state index in [1.165, 1.54) is 5.56 Å². The quantitative estimate of drug-likeness (QED) is 0.865. The monoisotopic (exact) mass is 353 g/mol. The molecule has 136 valence electrons. The third-order valence-electron chi connectivity index (χ3n) is 4.96. The van der Waals surface area contributed by atoms with Crippen LogP contribution in [0.2, 0.25) is 0 Å². The SMILES string of the molecule is COc1ccc(C2CCN(C(=O)CCc3ccc(C(=O)O)cc3)C2)cc1. The van der Waals surface area contributed by atoms with Crippen molar-refractivity contribution in [2.45, 2.75) is 25.2 Å². The number of carbonyl (C=O) groups is 2. The largest absolute Gasteiger partial charge is 0.497 e. The molecule has 5 heteroatoms. The summed E-state index contributed by atoms with van der Waals surface area (Å²) in [5.74, 6) is 0.436. The van der Waals surface area contributed by atoms with Gasteiger partial charge in [0.2, 0.25) is 5.91 Å². The lowest BCUT2D eigenvalue weighted by Gasteiger charge is -2.17. The minimum absolute atomic E-state index is 0.156. The molecule has 0 aliphatic carbocycles. The smallest absolute Gasteiger partial charge is 0.335 e. The summed E-state index contributed by atoms with van der Waals surface area (Å²) in [6, 6.07) is 14.8. The molecule has 1 heterocycles. The number of amides is 1. The number of carboxylic acids is 1. The van der Waals surface area contributed by atoms with Gasteiger partial charge in [0.1, 0.15) is 5.75 Å². The molecule has 2 aromatic carbocycles. The van der Waals surface area contributed by atoms with Gasteiger partial charge in [-0.25, -0.2) is 4.79 Å². The Morgan fingerprint density at radius 3 is 2.42 bits per heavy atom. The number of aromatic carboxylic acids is 1. The van der Waals surface area contributed by atoms with Crippen LogP contribution in [-0.4, -0.2) is 42.1 Å². The molecule has 1 N–H and O–H groups in total. The Labute approximate surface area is 153 Å². The normalized spacial score (nSPS) is 16.5. The predicted molar refractivity (Wildman–Crippen MR) is 98.7 cm³/mol. The molecule has 2 aromatic rings. The number of aryl methyl sites for hydroxylation is 1. The summed E-state index contributed by atoms with van der Waals surface area (Å²) in [5.41, 5.74) is 2.49. The van der Waals surface area contributed by atoms with Crippen LogP contribution in [0.3, 0.4) is 0 Å². The van der Waals surface area contributed by atoms with Gasteiger partial charge in [0.25, 0.3) is 0 Å². The van der Waals surface area contributed by atoms with Gasteiger partial charge in [0.15, 0.2) is 0 Å². The molecule has 5 nitrogen and oxygen atoms in total. The highest BCUT2D eigenvalue weighted by Crippen LogP contribution is 2.29. The minimum Gasteiger partial charge on any atom is -0.497 e. The van der Waals surface area contributed by atoms with Crippen LogP contribution in [0.5, 0.6) is 5.75 Å². The number of nitrogens with zero attached hydrogens (tertiary/aromatic N) is 1. The van der Waals surface area contributed by atoms with Crippen LogP contribution >= 0.6 is 0 Å². The van der Waals surface area contributed by atoms with Gasteiger partial charge in [-0.1, -0.05) is 24.3 Å². The number of methoxy groups -OCH3 is 1. The van der Waals surface area contributed by atoms with E-state index in [-0.39, 0.29) is 11.5 Å². The Balaban J connectivity index is 1.51. The molecular formula is C21H23NO4. The molecule has 1 saturated heterocycles. The number of hydrogen-bond acceptors (Lipinski definition) is 3. The Kier molecular flexibility index (Phi) is 5.56. The van der Waals surface area contributed by atoms with Gasteiger partial charge < -0.3 is 14.7 Å². The number of benzene rings is 2. The Bertz CT molecular complexity index is 768. The van der Waals surface area contributed by atoms with Gasteiger partial charge in [-0.15, -0.1) is 0 Å². The maximum absolute atomic E-state index is 12.5. The van der Waals surface area contributed by atoms with Gasteiger partial charge in [-0.3, -0.25) is 4.79 Å². The van der Waals surface area contributed by atoms with Crippen LogP contribution in [0.1, 0.15) is 40.2 Å². The van der Waals surface area contributed by atoms with E-state index in [4.69, 9.17) is 9.84 Å². The molecule has 0 aromatic heterocycles. The highest BCUT2D eigenvalue weighted by Gasteiger charge is 2.26. The van der Waals surface area contributed by atoms with Crippen LogP contribution in [0.15, 0.2) is 48.5 Å². The summed E-state index contributed by atoms with van der Waals surface area (Å²) in [6.45, 7) is 1.54. The maximum atomic E-state index is 12.5. The van der Waals surface area contributed by atoms with Gasteiger partial charge in [0, 0.05) is 25.4 Å². The van der Waals surface area contributed by atoms with Crippen molar-refractivity contribution in [2.75, 3.05) is 20.2 Å². The number of ether oxygens (including phenoxy) is 1. The fourth-order valence-electron chi connectivity index (χ4n) is 3.36. The van der Waals surface area contributed by atoms with Crippen LogP contribution in [0.4, 0.5) is 0 Å². The lowest BCUT2D eigenvalue weighted by molar-refractivity contribution is -0.130. The second-order valence-corrected chi connectivity index (χ2v) is 6.60. The predicted octanol–water partition coefficient (Wildman–Crippen LogP) is 3.34. The molecule has 1 aliphatic rings. The summed E-state index contributed by atoms with van der Waals surface area (Å²) in [5, 5.41) is 8.92. The lowest BCUT2D eigenvalue weighted by atomic mass is 9.98. The van der Waals surface area contributed by atoms with Crippen molar-refractivity contribution in [3.63, 3.8) is 0 Å². The highest BCUT2D eigenvalue weighted by atomic mass is 16.5. The highest BCUT2D eigenvalue weighted by molar-refractivity contribution is 5.87. The topological polar surface area (TPSA) is 66.8 Å². The third-order valence-corrected chi connectivity index (χ3v) is 4.96. The van der Waals surface area contributed by atoms with E-state index < -0.39 is 5.97 Å². The van der Waals surface area contributed by atoms with E-state index in [0.29, 0.717) is 18.8 Å². The van der Waals surface area contributed by atoms with Gasteiger partial charge >= 0.3 is 5.97 Å². The molecule has 1 fully saturated rings. The van der Waals surface area contributed by atoms with Crippen LogP contribution < -0.4 is 4.74 Å². The Morgan fingerprint density at radius 2 is 1.81 bits per heavy atom. The fourth-order valence-corrected chi connectivity index (χ4v) is 3.36. The summed E-state index contributed by atoms with van der Waals surface area (Å²) in [6.07, 6.45) is 2.05. The van der Waals surface area contributed by atoms with E-state index >= 15 is 0 Å². The van der Waals surface area contributed by atoms with Crippen LogP contribution in [-0.2, 0) is 11.2 Å². The van der Waals surface area contributed by atoms with E-state index in [2.05, 4.69) is 12.1 Å². The molecule has 0 saturated carbocycles. The molecule has 1 aliphatic heterocycles. The molecule has 1 amide bonds. The van der Waals surface area contributed by atoms with E-state index in [1.807, 2.05) is 17.0 Å². The fraction of sp³-hybridized carbons (Fsp3) is 0.333. The standard InChI is InChI=1S/C21H23NO4/c1-26-19-9-7-16(8-10-19)18-12-13-22(14-18)20(23)11-4-15-2-5-17(6-3-15)21(24)25/h2-3,5-10,18H,4,11-14H2,1H3,(H,24,25). The molecule has 1 atom stereocenters. The molecule has 0 bridgehead atoms. The molecule has 26 heavy (non-hydrogen) atoms. The second-order valence-electron chi connectivity index (χ2n) is 6.60. The summed E-state index contributed by atoms with van der Waals surface area (Å²) in [7, 11) is 1.65. The average molecular weight is 353 g/mol. The summed E-state index contributed by atoms with van der Waals surface area (Å²) < 4.78 is 5.19. The van der Waals surface area contributed by atoms with Crippen molar-refractivity contribution < 1.29 is 19.4 Å². The van der Waals surface area contributed by atoms with Gasteiger partial charge in [-0.05, 0) is 48.2 Å². The van der Waals surface area contributed by atoms with Crippen LogP contribution in [0, 0.1) is 0 Å². The van der Waals surface area contributed by atoms with Crippen molar-refractivity contribution in [1.29, 1.82) is 0 Å². The number of likely N-dealkylation sites (tertiary alicyclic amines) is 1. The van der Waals surface area contributed by atoms with E-state index in [0.717, 1.165) is 30.8 Å². The molecule has 0 radical (unpaired) electrons. The van der Waals surface area contributed by atoms with Gasteiger partial charge in [-0.2, -0.15) is 0 Å². The van der Waals surface area contributed by atoms with Crippen molar-refractivity contribution in [2.24, 2.45) is 0 Å². The third kappa shape index (κ3) is 4.23. The van der Waals surface area contributed by atoms with Crippen molar-refractivity contribution in [1.82, 2.24) is 4.90 Å². The number of hydrogen-bond donors (Lipinski definition) is 1. The maximum Gasteiger partial charge on any atom is 0.335 e. The first-order valence-corrected chi connectivity index (χ1v) is 8.81. The number of rotatable bonds is 6. The molecule has 1 unspecified atom stereocenters. The summed E-state index contributed by atoms with van der Waals surface area (Å²) in [4.78, 5) is 25.3. The number of carboxylic acid groups (broad SMARTS) is 1. The molecular weight excluding hydrogens is 330 g/mol. The Hall–Kier alpha value is -2.82. The van der Waals surface area contributed by atoms with E-state index in [1.54, 1.807) is 31.4 Å². The second kappa shape index (κ2) is 8.04. The van der Waals surface area contributed by atoms with Crippen molar-refractivity contribution in [3.05, 3.63) is 65.2 Å². The zero-order valence-electron chi connectivity index (χ0n) is 14.9. The first kappa shape index (κ1) is 18.0. The lowest BCUT2D eigenvalue weighted by Crippen LogP contribution is -2.28. The van der Waals surface area contributed by atoms with Gasteiger partial charge in [0.05, 0.1) is 12.7 Å². The molecule has 3 rings (SSSR count). The zero-order chi connectivity index (χ0) is 18.5. The molecule has 0 spiro atoms. The first-order valence-electron chi connectivity index (χ1n) is 8.81. The van der Waals surface area contributed by atoms with Crippen molar-refractivity contribution in [3.8, 4) is 5.75 Å². The van der Waals surface area contributed by atoms with E-state index in [9.17, 15) is 9.59 Å². The first-order chi connectivity index (χ1) is 12.6.